The first-order chi connectivity index (χ1) is 10.3. The zero-order valence-electron chi connectivity index (χ0n) is 14.6. The molecule has 1 aliphatic carbocycles. The van der Waals surface area contributed by atoms with Gasteiger partial charge in [-0.15, -0.1) is 24.0 Å². The van der Waals surface area contributed by atoms with Crippen LogP contribution in [0.15, 0.2) is 4.99 Å². The third-order valence-corrected chi connectivity index (χ3v) is 3.73. The molecular weight excluding hydrogens is 391 g/mol. The Morgan fingerprint density at radius 2 is 1.91 bits per heavy atom. The average molecular weight is 426 g/mol. The van der Waals surface area contributed by atoms with E-state index in [2.05, 4.69) is 41.3 Å². The van der Waals surface area contributed by atoms with E-state index in [0.29, 0.717) is 0 Å². The van der Waals surface area contributed by atoms with Gasteiger partial charge in [0.1, 0.15) is 0 Å². The van der Waals surface area contributed by atoms with Gasteiger partial charge in [-0.25, -0.2) is 0 Å². The molecule has 0 unspecified atom stereocenters. The summed E-state index contributed by atoms with van der Waals surface area (Å²) in [4.78, 5) is 7.00. The van der Waals surface area contributed by atoms with Gasteiger partial charge in [-0.05, 0) is 45.2 Å². The lowest BCUT2D eigenvalue weighted by Gasteiger charge is -2.19. The van der Waals surface area contributed by atoms with Crippen molar-refractivity contribution in [1.29, 1.82) is 0 Å². The number of rotatable bonds is 12. The molecule has 0 bridgehead atoms. The van der Waals surface area contributed by atoms with Crippen molar-refractivity contribution in [1.82, 2.24) is 15.5 Å². The molecule has 0 spiro atoms. The fourth-order valence-electron chi connectivity index (χ4n) is 2.11. The fraction of sp³-hybridized carbons (Fsp3) is 0.938. The molecule has 132 valence electrons. The van der Waals surface area contributed by atoms with Crippen LogP contribution in [0.1, 0.15) is 40.0 Å². The van der Waals surface area contributed by atoms with E-state index in [1.165, 1.54) is 12.8 Å². The molecular formula is C16H35IN4O. The summed E-state index contributed by atoms with van der Waals surface area (Å²) in [5, 5.41) is 6.69. The second kappa shape index (κ2) is 14.5. The van der Waals surface area contributed by atoms with Crippen molar-refractivity contribution in [2.45, 2.75) is 40.0 Å². The first kappa shape index (κ1) is 21.9. The molecule has 5 nitrogen and oxygen atoms in total. The van der Waals surface area contributed by atoms with Gasteiger partial charge in [-0.3, -0.25) is 4.99 Å². The molecule has 1 fully saturated rings. The highest BCUT2D eigenvalue weighted by Gasteiger charge is 2.20. The molecule has 22 heavy (non-hydrogen) atoms. The van der Waals surface area contributed by atoms with E-state index in [0.717, 1.165) is 70.8 Å². The van der Waals surface area contributed by atoms with Gasteiger partial charge in [-0.2, -0.15) is 0 Å². The lowest BCUT2D eigenvalue weighted by molar-refractivity contribution is 0.123. The number of ether oxygens (including phenoxy) is 1. The van der Waals surface area contributed by atoms with Gasteiger partial charge in [0.05, 0.1) is 0 Å². The van der Waals surface area contributed by atoms with Gasteiger partial charge in [0.2, 0.25) is 0 Å². The van der Waals surface area contributed by atoms with Gasteiger partial charge in [0.15, 0.2) is 5.96 Å². The molecule has 0 saturated heterocycles. The van der Waals surface area contributed by atoms with Crippen LogP contribution in [0.5, 0.6) is 0 Å². The molecule has 0 aromatic carbocycles. The molecule has 2 N–H and O–H groups in total. The van der Waals surface area contributed by atoms with Crippen LogP contribution in [0.4, 0.5) is 0 Å². The van der Waals surface area contributed by atoms with Crippen molar-refractivity contribution in [2.24, 2.45) is 10.9 Å². The SMILES string of the molecule is CCNC(=NCCCOCC1CC1)NCCN(CC)CC.I. The summed E-state index contributed by atoms with van der Waals surface area (Å²) in [5.74, 6) is 1.78. The van der Waals surface area contributed by atoms with Crippen LogP contribution in [0.25, 0.3) is 0 Å². The van der Waals surface area contributed by atoms with Crippen molar-refractivity contribution in [3.8, 4) is 0 Å². The second-order valence-corrected chi connectivity index (χ2v) is 5.59. The smallest absolute Gasteiger partial charge is 0.191 e. The molecule has 1 aliphatic rings. The van der Waals surface area contributed by atoms with Gasteiger partial charge in [0, 0.05) is 39.4 Å². The largest absolute Gasteiger partial charge is 0.381 e. The average Bonchev–Trinajstić information content (AvgIpc) is 3.31. The zero-order valence-corrected chi connectivity index (χ0v) is 16.9. The highest BCUT2D eigenvalue weighted by atomic mass is 127. The quantitative estimate of drug-likeness (QED) is 0.218. The maximum absolute atomic E-state index is 5.62. The van der Waals surface area contributed by atoms with Crippen LogP contribution in [0.2, 0.25) is 0 Å². The molecule has 0 aromatic rings. The number of guanidine groups is 1. The summed E-state index contributed by atoms with van der Waals surface area (Å²) in [6.45, 7) is 14.2. The molecule has 0 heterocycles. The zero-order chi connectivity index (χ0) is 15.3. The Labute approximate surface area is 153 Å². The lowest BCUT2D eigenvalue weighted by atomic mass is 10.4. The highest BCUT2D eigenvalue weighted by molar-refractivity contribution is 14.0. The molecule has 6 heteroatoms. The summed E-state index contributed by atoms with van der Waals surface area (Å²) in [6.07, 6.45) is 3.72. The fourth-order valence-corrected chi connectivity index (χ4v) is 2.11. The number of nitrogens with one attached hydrogen (secondary N) is 2. The summed E-state index contributed by atoms with van der Waals surface area (Å²) < 4.78 is 5.62. The monoisotopic (exact) mass is 426 g/mol. The Bertz CT molecular complexity index is 281. The van der Waals surface area contributed by atoms with Crippen LogP contribution in [-0.2, 0) is 4.74 Å². The maximum Gasteiger partial charge on any atom is 0.191 e. The predicted octanol–water partition coefficient (Wildman–Crippen LogP) is 2.32. The Morgan fingerprint density at radius 1 is 1.18 bits per heavy atom. The first-order valence-electron chi connectivity index (χ1n) is 8.62. The minimum atomic E-state index is 0. The van der Waals surface area contributed by atoms with E-state index >= 15 is 0 Å². The van der Waals surface area contributed by atoms with E-state index in [-0.39, 0.29) is 24.0 Å². The summed E-state index contributed by atoms with van der Waals surface area (Å²) in [6, 6.07) is 0. The third-order valence-electron chi connectivity index (χ3n) is 3.73. The number of likely N-dealkylation sites (N-methyl/N-ethyl adjacent to an activating group) is 1. The number of hydrogen-bond donors (Lipinski definition) is 2. The van der Waals surface area contributed by atoms with E-state index in [1.54, 1.807) is 0 Å². The Kier molecular flexibility index (Phi) is 14.5. The van der Waals surface area contributed by atoms with Crippen molar-refractivity contribution in [2.75, 3.05) is 52.5 Å². The topological polar surface area (TPSA) is 48.9 Å². The van der Waals surface area contributed by atoms with Crippen LogP contribution in [-0.4, -0.2) is 63.3 Å². The summed E-state index contributed by atoms with van der Waals surface area (Å²) >= 11 is 0. The molecule has 0 radical (unpaired) electrons. The minimum absolute atomic E-state index is 0. The van der Waals surface area contributed by atoms with Gasteiger partial charge < -0.3 is 20.3 Å². The Balaban J connectivity index is 0.00000441. The van der Waals surface area contributed by atoms with Gasteiger partial charge in [0.25, 0.3) is 0 Å². The lowest BCUT2D eigenvalue weighted by Crippen LogP contribution is -2.41. The number of nitrogens with zero attached hydrogens (tertiary/aromatic N) is 2. The van der Waals surface area contributed by atoms with Crippen molar-refractivity contribution < 1.29 is 4.74 Å². The van der Waals surface area contributed by atoms with E-state index in [4.69, 9.17) is 4.74 Å². The summed E-state index contributed by atoms with van der Waals surface area (Å²) in [5.41, 5.74) is 0. The van der Waals surface area contributed by atoms with Crippen LogP contribution in [0.3, 0.4) is 0 Å². The number of aliphatic imine (C=N–C) groups is 1. The van der Waals surface area contributed by atoms with E-state index in [1.807, 2.05) is 0 Å². The minimum Gasteiger partial charge on any atom is -0.381 e. The van der Waals surface area contributed by atoms with Crippen LogP contribution in [0, 0.1) is 5.92 Å². The maximum atomic E-state index is 5.62. The standard InChI is InChI=1S/C16H34N4O.HI/c1-4-17-16(19-11-12-20(5-2)6-3)18-10-7-13-21-14-15-8-9-15;/h15H,4-14H2,1-3H3,(H2,17,18,19);1H. The summed E-state index contributed by atoms with van der Waals surface area (Å²) in [7, 11) is 0. The van der Waals surface area contributed by atoms with E-state index in [9.17, 15) is 0 Å². The van der Waals surface area contributed by atoms with Crippen LogP contribution < -0.4 is 10.6 Å². The second-order valence-electron chi connectivity index (χ2n) is 5.59. The van der Waals surface area contributed by atoms with Gasteiger partial charge >= 0.3 is 0 Å². The molecule has 0 amide bonds. The van der Waals surface area contributed by atoms with Gasteiger partial charge in [-0.1, -0.05) is 13.8 Å². The van der Waals surface area contributed by atoms with Crippen molar-refractivity contribution in [3.63, 3.8) is 0 Å². The third kappa shape index (κ3) is 11.5. The van der Waals surface area contributed by atoms with Crippen molar-refractivity contribution >= 4 is 29.9 Å². The van der Waals surface area contributed by atoms with Crippen LogP contribution >= 0.6 is 24.0 Å². The molecule has 1 rings (SSSR count). The molecule has 0 aliphatic heterocycles. The normalized spacial score (nSPS) is 14.8. The molecule has 0 atom stereocenters. The Morgan fingerprint density at radius 3 is 2.50 bits per heavy atom. The number of hydrogen-bond acceptors (Lipinski definition) is 3. The molecule has 0 aromatic heterocycles. The highest BCUT2D eigenvalue weighted by Crippen LogP contribution is 2.28. The van der Waals surface area contributed by atoms with Crippen molar-refractivity contribution in [3.05, 3.63) is 0 Å². The number of halogens is 1. The Hall–Kier alpha value is -0.0800. The first-order valence-corrected chi connectivity index (χ1v) is 8.62. The van der Waals surface area contributed by atoms with E-state index < -0.39 is 0 Å². The predicted molar refractivity (Wildman–Crippen MR) is 105 cm³/mol. The molecule has 1 saturated carbocycles.